The lowest BCUT2D eigenvalue weighted by atomic mass is 9.96. The number of aryl methyl sites for hydroxylation is 1. The van der Waals surface area contributed by atoms with Gasteiger partial charge in [-0.05, 0) is 68.7 Å². The lowest BCUT2D eigenvalue weighted by Crippen LogP contribution is -2.27. The molecule has 0 saturated carbocycles. The highest BCUT2D eigenvalue weighted by Gasteiger charge is 2.15. The maximum absolute atomic E-state index is 13.2. The van der Waals surface area contributed by atoms with Crippen LogP contribution in [0.4, 0.5) is 4.39 Å². The number of benzene rings is 1. The third-order valence-electron chi connectivity index (χ3n) is 3.93. The van der Waals surface area contributed by atoms with Crippen molar-refractivity contribution in [2.75, 3.05) is 6.61 Å². The van der Waals surface area contributed by atoms with Crippen LogP contribution in [0, 0.1) is 12.7 Å². The summed E-state index contributed by atoms with van der Waals surface area (Å²) in [6.45, 7) is 2.90. The molecule has 2 atom stereocenters. The summed E-state index contributed by atoms with van der Waals surface area (Å²) in [4.78, 5) is 0. The Balaban J connectivity index is 1.80. The average molecular weight is 265 g/mol. The van der Waals surface area contributed by atoms with Crippen LogP contribution in [0.5, 0.6) is 0 Å². The van der Waals surface area contributed by atoms with Gasteiger partial charge in [0.25, 0.3) is 0 Å². The van der Waals surface area contributed by atoms with Crippen LogP contribution in [0.2, 0.25) is 0 Å². The van der Waals surface area contributed by atoms with E-state index in [1.54, 1.807) is 6.07 Å². The number of rotatable bonds is 5. The minimum absolute atomic E-state index is 0.0889. The molecule has 0 amide bonds. The van der Waals surface area contributed by atoms with Gasteiger partial charge < -0.3 is 10.5 Å². The van der Waals surface area contributed by atoms with Crippen molar-refractivity contribution in [3.63, 3.8) is 0 Å². The van der Waals surface area contributed by atoms with Crippen LogP contribution in [0.3, 0.4) is 0 Å². The van der Waals surface area contributed by atoms with Gasteiger partial charge in [-0.3, -0.25) is 0 Å². The van der Waals surface area contributed by atoms with E-state index in [2.05, 4.69) is 0 Å². The van der Waals surface area contributed by atoms with E-state index in [4.69, 9.17) is 10.5 Å². The van der Waals surface area contributed by atoms with Gasteiger partial charge in [-0.1, -0.05) is 6.07 Å². The Morgan fingerprint density at radius 1 is 1.42 bits per heavy atom. The standard InChI is InChI=1S/C16H24FNO/c1-12-5-6-14(17)10-13(12)11-15(18)7-8-16-4-2-3-9-19-16/h5-6,10,15-16H,2-4,7-9,11,18H2,1H3. The third-order valence-corrected chi connectivity index (χ3v) is 3.93. The van der Waals surface area contributed by atoms with Crippen molar-refractivity contribution in [3.05, 3.63) is 35.1 Å². The summed E-state index contributed by atoms with van der Waals surface area (Å²) in [7, 11) is 0. The van der Waals surface area contributed by atoms with Crippen LogP contribution in [0.25, 0.3) is 0 Å². The van der Waals surface area contributed by atoms with Crippen LogP contribution in [-0.4, -0.2) is 18.8 Å². The molecule has 1 heterocycles. The Morgan fingerprint density at radius 3 is 3.00 bits per heavy atom. The summed E-state index contributed by atoms with van der Waals surface area (Å²) in [5, 5.41) is 0. The van der Waals surface area contributed by atoms with E-state index in [0.29, 0.717) is 6.10 Å². The van der Waals surface area contributed by atoms with Gasteiger partial charge in [0.2, 0.25) is 0 Å². The Labute approximate surface area is 115 Å². The Hall–Kier alpha value is -0.930. The minimum atomic E-state index is -0.177. The van der Waals surface area contributed by atoms with Crippen molar-refractivity contribution >= 4 is 0 Å². The summed E-state index contributed by atoms with van der Waals surface area (Å²) < 4.78 is 18.9. The lowest BCUT2D eigenvalue weighted by molar-refractivity contribution is 0.00915. The van der Waals surface area contributed by atoms with Crippen molar-refractivity contribution in [1.82, 2.24) is 0 Å². The fraction of sp³-hybridized carbons (Fsp3) is 0.625. The topological polar surface area (TPSA) is 35.2 Å². The van der Waals surface area contributed by atoms with Crippen LogP contribution >= 0.6 is 0 Å². The maximum atomic E-state index is 13.2. The van der Waals surface area contributed by atoms with Crippen LogP contribution < -0.4 is 5.73 Å². The van der Waals surface area contributed by atoms with Gasteiger partial charge >= 0.3 is 0 Å². The van der Waals surface area contributed by atoms with Crippen molar-refractivity contribution in [1.29, 1.82) is 0 Å². The minimum Gasteiger partial charge on any atom is -0.378 e. The SMILES string of the molecule is Cc1ccc(F)cc1CC(N)CCC1CCCCO1. The highest BCUT2D eigenvalue weighted by Crippen LogP contribution is 2.19. The molecule has 0 aliphatic carbocycles. The number of hydrogen-bond donors (Lipinski definition) is 1. The zero-order valence-corrected chi connectivity index (χ0v) is 11.7. The van der Waals surface area contributed by atoms with Gasteiger partial charge in [-0.2, -0.15) is 0 Å². The van der Waals surface area contributed by atoms with Crippen molar-refractivity contribution in [3.8, 4) is 0 Å². The van der Waals surface area contributed by atoms with E-state index >= 15 is 0 Å². The van der Waals surface area contributed by atoms with Gasteiger partial charge in [0.05, 0.1) is 6.10 Å². The van der Waals surface area contributed by atoms with Gasteiger partial charge in [0.15, 0.2) is 0 Å². The zero-order chi connectivity index (χ0) is 13.7. The molecule has 0 spiro atoms. The number of hydrogen-bond acceptors (Lipinski definition) is 2. The number of halogens is 1. The first-order chi connectivity index (χ1) is 9.15. The van der Waals surface area contributed by atoms with Crippen LogP contribution in [0.15, 0.2) is 18.2 Å². The molecule has 2 unspecified atom stereocenters. The third kappa shape index (κ3) is 4.59. The number of ether oxygens (including phenoxy) is 1. The normalized spacial score (nSPS) is 21.3. The van der Waals surface area contributed by atoms with Gasteiger partial charge in [-0.25, -0.2) is 4.39 Å². The first-order valence-corrected chi connectivity index (χ1v) is 7.27. The van der Waals surface area contributed by atoms with E-state index < -0.39 is 0 Å². The molecule has 1 fully saturated rings. The Kier molecular flexibility index (Phi) is 5.34. The predicted octanol–water partition coefficient (Wildman–Crippen LogP) is 3.35. The van der Waals surface area contributed by atoms with Crippen molar-refractivity contribution in [2.45, 2.75) is 57.6 Å². The highest BCUT2D eigenvalue weighted by atomic mass is 19.1. The molecule has 1 aliphatic heterocycles. The van der Waals surface area contributed by atoms with Gasteiger partial charge in [0.1, 0.15) is 5.82 Å². The molecule has 19 heavy (non-hydrogen) atoms. The highest BCUT2D eigenvalue weighted by molar-refractivity contribution is 5.27. The van der Waals surface area contributed by atoms with E-state index in [-0.39, 0.29) is 11.9 Å². The summed E-state index contributed by atoms with van der Waals surface area (Å²) >= 11 is 0. The van der Waals surface area contributed by atoms with E-state index in [0.717, 1.165) is 43.4 Å². The summed E-state index contributed by atoms with van der Waals surface area (Å²) in [5.74, 6) is -0.177. The molecule has 1 aromatic carbocycles. The van der Waals surface area contributed by atoms with Crippen LogP contribution in [0.1, 0.15) is 43.2 Å². The monoisotopic (exact) mass is 265 g/mol. The quantitative estimate of drug-likeness (QED) is 0.886. The van der Waals surface area contributed by atoms with E-state index in [1.165, 1.54) is 18.9 Å². The molecule has 1 saturated heterocycles. The fourth-order valence-corrected chi connectivity index (χ4v) is 2.68. The molecule has 106 valence electrons. The molecule has 0 bridgehead atoms. The second-order valence-electron chi connectivity index (χ2n) is 5.60. The average Bonchev–Trinajstić information content (AvgIpc) is 2.42. The zero-order valence-electron chi connectivity index (χ0n) is 11.7. The van der Waals surface area contributed by atoms with E-state index in [1.807, 2.05) is 13.0 Å². The van der Waals surface area contributed by atoms with Crippen LogP contribution in [-0.2, 0) is 11.2 Å². The Bertz CT molecular complexity index is 402. The van der Waals surface area contributed by atoms with Crippen molar-refractivity contribution in [2.24, 2.45) is 5.73 Å². The molecule has 2 N–H and O–H groups in total. The smallest absolute Gasteiger partial charge is 0.123 e. The summed E-state index contributed by atoms with van der Waals surface area (Å²) in [6.07, 6.45) is 6.71. The van der Waals surface area contributed by atoms with E-state index in [9.17, 15) is 4.39 Å². The molecule has 3 heteroatoms. The lowest BCUT2D eigenvalue weighted by Gasteiger charge is -2.24. The molecule has 0 aromatic heterocycles. The predicted molar refractivity (Wildman–Crippen MR) is 75.6 cm³/mol. The molecule has 0 radical (unpaired) electrons. The molecule has 2 nitrogen and oxygen atoms in total. The molecule has 1 aromatic rings. The van der Waals surface area contributed by atoms with Crippen molar-refractivity contribution < 1.29 is 9.13 Å². The molecular weight excluding hydrogens is 241 g/mol. The van der Waals surface area contributed by atoms with Gasteiger partial charge in [-0.15, -0.1) is 0 Å². The first-order valence-electron chi connectivity index (χ1n) is 7.27. The maximum Gasteiger partial charge on any atom is 0.123 e. The Morgan fingerprint density at radius 2 is 2.26 bits per heavy atom. The molecule has 2 rings (SSSR count). The molecule has 1 aliphatic rings. The second kappa shape index (κ2) is 7.01. The largest absolute Gasteiger partial charge is 0.378 e. The number of nitrogens with two attached hydrogens (primary N) is 1. The molecular formula is C16H24FNO. The summed E-state index contributed by atoms with van der Waals surface area (Å²) in [5.41, 5.74) is 8.31. The van der Waals surface area contributed by atoms with Gasteiger partial charge in [0, 0.05) is 12.6 Å². The first kappa shape index (κ1) is 14.5. The second-order valence-corrected chi connectivity index (χ2v) is 5.60. The fourth-order valence-electron chi connectivity index (χ4n) is 2.68. The summed E-state index contributed by atoms with van der Waals surface area (Å²) in [6, 6.07) is 5.01.